The average molecular weight is 370 g/mol. The number of hydrogen-bond donors (Lipinski definition) is 2. The fourth-order valence-electron chi connectivity index (χ4n) is 3.85. The molecule has 0 radical (unpaired) electrons. The zero-order chi connectivity index (χ0) is 16.0. The van der Waals surface area contributed by atoms with E-state index in [-0.39, 0.29) is 6.04 Å². The predicted molar refractivity (Wildman–Crippen MR) is 93.9 cm³/mol. The molecule has 0 spiro atoms. The Morgan fingerprint density at radius 1 is 1.13 bits per heavy atom. The van der Waals surface area contributed by atoms with Crippen LogP contribution in [0, 0.1) is 5.92 Å². The number of hydrogen-bond acceptors (Lipinski definition) is 2. The van der Waals surface area contributed by atoms with E-state index in [2.05, 4.69) is 45.5 Å². The van der Waals surface area contributed by atoms with Gasteiger partial charge >= 0.3 is 5.97 Å². The Labute approximate surface area is 143 Å². The molecule has 0 amide bonds. The van der Waals surface area contributed by atoms with Gasteiger partial charge in [0.1, 0.15) is 0 Å². The molecule has 3 nitrogen and oxygen atoms in total. The van der Waals surface area contributed by atoms with Crippen LogP contribution >= 0.6 is 15.9 Å². The van der Waals surface area contributed by atoms with E-state index in [9.17, 15) is 9.90 Å². The Balaban J connectivity index is 1.86. The van der Waals surface area contributed by atoms with Crippen LogP contribution in [0.3, 0.4) is 0 Å². The molecule has 0 unspecified atom stereocenters. The molecule has 0 saturated heterocycles. The van der Waals surface area contributed by atoms with Crippen molar-refractivity contribution in [3.05, 3.63) is 75.8 Å². The second-order valence-corrected chi connectivity index (χ2v) is 6.93. The third-order valence-corrected chi connectivity index (χ3v) is 5.53. The Morgan fingerprint density at radius 2 is 1.91 bits per heavy atom. The molecule has 0 bridgehead atoms. The van der Waals surface area contributed by atoms with Gasteiger partial charge in [-0.3, -0.25) is 0 Å². The van der Waals surface area contributed by atoms with Crippen molar-refractivity contribution < 1.29 is 9.90 Å². The molecule has 116 valence electrons. The zero-order valence-corrected chi connectivity index (χ0v) is 14.0. The number of benzene rings is 2. The summed E-state index contributed by atoms with van der Waals surface area (Å²) >= 11 is 3.62. The standard InChI is InChI=1S/C19H16BrNO2/c20-16-10-4-9-13-11-7-3-8-12(11)17(21-18(13)16)14-5-1-2-6-15(14)19(22)23/h1-7,9-12,17,21H,8H2,(H,22,23)/t11-,12+,17-/m1/s1. The summed E-state index contributed by atoms with van der Waals surface area (Å²) in [4.78, 5) is 11.6. The van der Waals surface area contributed by atoms with E-state index in [1.165, 1.54) is 5.56 Å². The molecule has 3 atom stereocenters. The number of aromatic carboxylic acids is 1. The lowest BCUT2D eigenvalue weighted by Gasteiger charge is -2.38. The van der Waals surface area contributed by atoms with Gasteiger partial charge in [0.2, 0.25) is 0 Å². The monoisotopic (exact) mass is 369 g/mol. The third kappa shape index (κ3) is 2.29. The van der Waals surface area contributed by atoms with E-state index < -0.39 is 5.97 Å². The van der Waals surface area contributed by atoms with Gasteiger partial charge in [-0.25, -0.2) is 4.79 Å². The summed E-state index contributed by atoms with van der Waals surface area (Å²) in [5.41, 5.74) is 3.60. The number of anilines is 1. The van der Waals surface area contributed by atoms with E-state index in [1.807, 2.05) is 18.2 Å². The van der Waals surface area contributed by atoms with Gasteiger partial charge in [0, 0.05) is 10.4 Å². The molecule has 1 aliphatic carbocycles. The minimum atomic E-state index is -0.872. The van der Waals surface area contributed by atoms with Crippen LogP contribution in [0.5, 0.6) is 0 Å². The molecule has 0 saturated carbocycles. The Bertz CT molecular complexity index is 815. The highest BCUT2D eigenvalue weighted by molar-refractivity contribution is 9.10. The molecule has 0 fully saturated rings. The molecular weight excluding hydrogens is 354 g/mol. The highest BCUT2D eigenvalue weighted by Crippen LogP contribution is 2.51. The summed E-state index contributed by atoms with van der Waals surface area (Å²) in [7, 11) is 0. The van der Waals surface area contributed by atoms with Crippen LogP contribution in [-0.4, -0.2) is 11.1 Å². The Morgan fingerprint density at radius 3 is 2.74 bits per heavy atom. The topological polar surface area (TPSA) is 49.3 Å². The molecule has 4 heteroatoms. The second kappa shape index (κ2) is 5.53. The lowest BCUT2D eigenvalue weighted by molar-refractivity contribution is 0.0694. The van der Waals surface area contributed by atoms with Crippen LogP contribution in [0.15, 0.2) is 59.1 Å². The third-order valence-electron chi connectivity index (χ3n) is 4.87. The molecule has 2 aromatic carbocycles. The lowest BCUT2D eigenvalue weighted by Crippen LogP contribution is -2.30. The van der Waals surface area contributed by atoms with Crippen LogP contribution in [0.1, 0.15) is 39.9 Å². The van der Waals surface area contributed by atoms with E-state index in [0.29, 0.717) is 17.4 Å². The minimum absolute atomic E-state index is 0.00602. The first-order valence-electron chi connectivity index (χ1n) is 7.70. The number of fused-ring (bicyclic) bond motifs is 3. The number of carboxylic acids is 1. The van der Waals surface area contributed by atoms with Crippen LogP contribution in [0.4, 0.5) is 5.69 Å². The molecule has 23 heavy (non-hydrogen) atoms. The summed E-state index contributed by atoms with van der Waals surface area (Å²) in [5.74, 6) is -0.198. The van der Waals surface area contributed by atoms with Gasteiger partial charge in [-0.1, -0.05) is 42.5 Å². The van der Waals surface area contributed by atoms with E-state index in [4.69, 9.17) is 0 Å². The summed E-state index contributed by atoms with van der Waals surface area (Å²) in [5, 5.41) is 13.1. The largest absolute Gasteiger partial charge is 0.478 e. The molecular formula is C19H16BrNO2. The van der Waals surface area contributed by atoms with Crippen molar-refractivity contribution in [3.8, 4) is 0 Å². The highest BCUT2D eigenvalue weighted by atomic mass is 79.9. The van der Waals surface area contributed by atoms with Crippen molar-refractivity contribution in [3.63, 3.8) is 0 Å². The van der Waals surface area contributed by atoms with Crippen molar-refractivity contribution in [1.82, 2.24) is 0 Å². The van der Waals surface area contributed by atoms with E-state index >= 15 is 0 Å². The highest BCUT2D eigenvalue weighted by Gasteiger charge is 2.39. The summed E-state index contributed by atoms with van der Waals surface area (Å²) in [6.07, 6.45) is 5.43. The van der Waals surface area contributed by atoms with E-state index in [1.54, 1.807) is 12.1 Å². The Hall–Kier alpha value is -2.07. The van der Waals surface area contributed by atoms with Gasteiger partial charge < -0.3 is 10.4 Å². The van der Waals surface area contributed by atoms with Crippen molar-refractivity contribution in [2.45, 2.75) is 18.4 Å². The van der Waals surface area contributed by atoms with Gasteiger partial charge in [-0.05, 0) is 51.5 Å². The molecule has 2 N–H and O–H groups in total. The van der Waals surface area contributed by atoms with Crippen LogP contribution in [0.2, 0.25) is 0 Å². The van der Waals surface area contributed by atoms with Crippen LogP contribution in [-0.2, 0) is 0 Å². The van der Waals surface area contributed by atoms with Gasteiger partial charge in [0.15, 0.2) is 0 Å². The molecule has 4 rings (SSSR count). The molecule has 0 aromatic heterocycles. The van der Waals surface area contributed by atoms with Crippen molar-refractivity contribution in [2.24, 2.45) is 5.92 Å². The maximum absolute atomic E-state index is 11.6. The maximum atomic E-state index is 11.6. The molecule has 1 aliphatic heterocycles. The minimum Gasteiger partial charge on any atom is -0.478 e. The average Bonchev–Trinajstić information content (AvgIpc) is 3.04. The Kier molecular flexibility index (Phi) is 3.49. The fraction of sp³-hybridized carbons (Fsp3) is 0.211. The number of carboxylic acid groups (broad SMARTS) is 1. The fourth-order valence-corrected chi connectivity index (χ4v) is 4.35. The first-order chi connectivity index (χ1) is 11.2. The van der Waals surface area contributed by atoms with Gasteiger partial charge in [0.05, 0.1) is 17.3 Å². The van der Waals surface area contributed by atoms with Gasteiger partial charge in [-0.2, -0.15) is 0 Å². The van der Waals surface area contributed by atoms with Crippen molar-refractivity contribution in [1.29, 1.82) is 0 Å². The molecule has 2 aromatic rings. The lowest BCUT2D eigenvalue weighted by atomic mass is 9.76. The first-order valence-corrected chi connectivity index (χ1v) is 8.50. The molecule has 1 heterocycles. The number of rotatable bonds is 2. The van der Waals surface area contributed by atoms with E-state index in [0.717, 1.165) is 22.1 Å². The maximum Gasteiger partial charge on any atom is 0.336 e. The summed E-state index contributed by atoms with van der Waals surface area (Å²) < 4.78 is 1.02. The van der Waals surface area contributed by atoms with Gasteiger partial charge in [0.25, 0.3) is 0 Å². The zero-order valence-electron chi connectivity index (χ0n) is 12.4. The quantitative estimate of drug-likeness (QED) is 0.734. The number of para-hydroxylation sites is 1. The normalized spacial score (nSPS) is 24.7. The number of allylic oxidation sites excluding steroid dienone is 2. The molecule has 2 aliphatic rings. The smallest absolute Gasteiger partial charge is 0.336 e. The van der Waals surface area contributed by atoms with Crippen molar-refractivity contribution >= 4 is 27.6 Å². The SMILES string of the molecule is O=C(O)c1ccccc1[C@@H]1Nc2c(Br)cccc2[C@@H]2C=CC[C@@H]21. The van der Waals surface area contributed by atoms with Crippen LogP contribution < -0.4 is 5.32 Å². The number of nitrogens with one attached hydrogen (secondary N) is 1. The first kappa shape index (κ1) is 14.5. The van der Waals surface area contributed by atoms with Crippen molar-refractivity contribution in [2.75, 3.05) is 5.32 Å². The summed E-state index contributed by atoms with van der Waals surface area (Å²) in [6, 6.07) is 13.5. The number of carbonyl (C=O) groups is 1. The predicted octanol–water partition coefficient (Wildman–Crippen LogP) is 4.97. The second-order valence-electron chi connectivity index (χ2n) is 6.07. The number of halogens is 1. The van der Waals surface area contributed by atoms with Gasteiger partial charge in [-0.15, -0.1) is 0 Å². The van der Waals surface area contributed by atoms with Crippen LogP contribution in [0.25, 0.3) is 0 Å². The summed E-state index contributed by atoms with van der Waals surface area (Å²) in [6.45, 7) is 0.